The molecule has 1 saturated heterocycles. The lowest BCUT2D eigenvalue weighted by atomic mass is 9.98. The van der Waals surface area contributed by atoms with E-state index in [9.17, 15) is 14.4 Å². The molecule has 1 fully saturated rings. The highest BCUT2D eigenvalue weighted by atomic mass is 16.7. The van der Waals surface area contributed by atoms with Crippen LogP contribution in [0.5, 0.6) is 0 Å². The minimum absolute atomic E-state index is 0.0822. The standard InChI is InChI=1S/C15H24O9/c1-6-20-7-11-12(21-8(2)16)13(22-9(3)17)14(23-10(4)18)15(19-5)24-11/h11-15H,6-7H2,1-5H3. The molecular weight excluding hydrogens is 324 g/mol. The van der Waals surface area contributed by atoms with Gasteiger partial charge in [0.05, 0.1) is 6.61 Å². The van der Waals surface area contributed by atoms with Crippen LogP contribution in [0, 0.1) is 0 Å². The quantitative estimate of drug-likeness (QED) is 0.470. The summed E-state index contributed by atoms with van der Waals surface area (Å²) >= 11 is 0. The van der Waals surface area contributed by atoms with Gasteiger partial charge in [-0.05, 0) is 6.92 Å². The summed E-state index contributed by atoms with van der Waals surface area (Å²) < 4.78 is 31.9. The molecule has 1 rings (SSSR count). The van der Waals surface area contributed by atoms with Crippen molar-refractivity contribution in [1.29, 1.82) is 0 Å². The van der Waals surface area contributed by atoms with Gasteiger partial charge in [-0.3, -0.25) is 14.4 Å². The summed E-state index contributed by atoms with van der Waals surface area (Å²) in [6, 6.07) is 0. The molecule has 1 heterocycles. The van der Waals surface area contributed by atoms with Crippen LogP contribution in [0.25, 0.3) is 0 Å². The van der Waals surface area contributed by atoms with Crippen molar-refractivity contribution in [1.82, 2.24) is 0 Å². The maximum atomic E-state index is 11.5. The largest absolute Gasteiger partial charge is 0.456 e. The molecule has 0 aromatic rings. The Morgan fingerprint density at radius 2 is 1.38 bits per heavy atom. The van der Waals surface area contributed by atoms with Gasteiger partial charge in [0.15, 0.2) is 24.6 Å². The van der Waals surface area contributed by atoms with Crippen molar-refractivity contribution in [3.05, 3.63) is 0 Å². The van der Waals surface area contributed by atoms with Crippen LogP contribution in [0.3, 0.4) is 0 Å². The lowest BCUT2D eigenvalue weighted by molar-refractivity contribution is -0.303. The normalized spacial score (nSPS) is 29.6. The number of esters is 3. The lowest BCUT2D eigenvalue weighted by Crippen LogP contribution is -2.62. The van der Waals surface area contributed by atoms with E-state index in [2.05, 4.69) is 0 Å². The van der Waals surface area contributed by atoms with Gasteiger partial charge in [0.2, 0.25) is 0 Å². The van der Waals surface area contributed by atoms with Crippen molar-refractivity contribution >= 4 is 17.9 Å². The third-order valence-electron chi connectivity index (χ3n) is 3.22. The van der Waals surface area contributed by atoms with Crippen molar-refractivity contribution in [3.8, 4) is 0 Å². The second kappa shape index (κ2) is 9.55. The Bertz CT molecular complexity index is 450. The first kappa shape index (κ1) is 20.3. The molecule has 5 unspecified atom stereocenters. The van der Waals surface area contributed by atoms with Crippen molar-refractivity contribution in [3.63, 3.8) is 0 Å². The summed E-state index contributed by atoms with van der Waals surface area (Å²) in [5.74, 6) is -1.84. The molecule has 0 bridgehead atoms. The van der Waals surface area contributed by atoms with E-state index in [0.29, 0.717) is 6.61 Å². The fraction of sp³-hybridized carbons (Fsp3) is 0.800. The average Bonchev–Trinajstić information content (AvgIpc) is 2.48. The van der Waals surface area contributed by atoms with Gasteiger partial charge in [0.1, 0.15) is 6.10 Å². The minimum Gasteiger partial charge on any atom is -0.456 e. The lowest BCUT2D eigenvalue weighted by Gasteiger charge is -2.43. The second-order valence-corrected chi connectivity index (χ2v) is 5.16. The fourth-order valence-corrected chi connectivity index (χ4v) is 2.41. The van der Waals surface area contributed by atoms with Crippen LogP contribution in [0.4, 0.5) is 0 Å². The zero-order valence-corrected chi connectivity index (χ0v) is 14.5. The van der Waals surface area contributed by atoms with Crippen molar-refractivity contribution in [2.75, 3.05) is 20.3 Å². The first-order chi connectivity index (χ1) is 11.3. The van der Waals surface area contributed by atoms with Crippen molar-refractivity contribution in [2.24, 2.45) is 0 Å². The number of ether oxygens (including phenoxy) is 6. The molecule has 0 aromatic heterocycles. The van der Waals surface area contributed by atoms with Crippen molar-refractivity contribution in [2.45, 2.75) is 58.4 Å². The smallest absolute Gasteiger partial charge is 0.303 e. The fourth-order valence-electron chi connectivity index (χ4n) is 2.41. The predicted molar refractivity (Wildman–Crippen MR) is 78.8 cm³/mol. The monoisotopic (exact) mass is 348 g/mol. The molecule has 1 aliphatic heterocycles. The zero-order valence-electron chi connectivity index (χ0n) is 14.5. The zero-order chi connectivity index (χ0) is 18.3. The van der Waals surface area contributed by atoms with E-state index >= 15 is 0 Å². The molecule has 0 amide bonds. The van der Waals surface area contributed by atoms with E-state index in [4.69, 9.17) is 28.4 Å². The molecule has 0 N–H and O–H groups in total. The summed E-state index contributed by atoms with van der Waals surface area (Å²) in [4.78, 5) is 34.3. The molecule has 1 aliphatic rings. The van der Waals surface area contributed by atoms with Gasteiger partial charge in [-0.25, -0.2) is 0 Å². The molecule has 0 aromatic carbocycles. The SMILES string of the molecule is CCOCC1OC(OC)C(OC(C)=O)C(OC(C)=O)C1OC(C)=O. The van der Waals surface area contributed by atoms with Gasteiger partial charge >= 0.3 is 17.9 Å². The summed E-state index contributed by atoms with van der Waals surface area (Å²) in [6.07, 6.45) is -4.93. The van der Waals surface area contributed by atoms with Crippen LogP contribution >= 0.6 is 0 Å². The van der Waals surface area contributed by atoms with Gasteiger partial charge in [-0.1, -0.05) is 0 Å². The van der Waals surface area contributed by atoms with Crippen molar-refractivity contribution < 1.29 is 42.8 Å². The average molecular weight is 348 g/mol. The van der Waals surface area contributed by atoms with Gasteiger partial charge < -0.3 is 28.4 Å². The third kappa shape index (κ3) is 5.73. The molecule has 0 saturated carbocycles. The Labute approximate surface area is 140 Å². The van der Waals surface area contributed by atoms with Gasteiger partial charge in [-0.15, -0.1) is 0 Å². The Balaban J connectivity index is 3.15. The molecule has 0 spiro atoms. The number of hydrogen-bond donors (Lipinski definition) is 0. The topological polar surface area (TPSA) is 107 Å². The molecular formula is C15H24O9. The number of carbonyl (C=O) groups excluding carboxylic acids is 3. The second-order valence-electron chi connectivity index (χ2n) is 5.16. The molecule has 138 valence electrons. The molecule has 9 nitrogen and oxygen atoms in total. The van der Waals surface area contributed by atoms with Crippen LogP contribution in [-0.4, -0.2) is 68.9 Å². The Morgan fingerprint density at radius 3 is 1.83 bits per heavy atom. The summed E-state index contributed by atoms with van der Waals surface area (Å²) in [6.45, 7) is 5.90. The maximum absolute atomic E-state index is 11.5. The number of rotatable bonds is 7. The van der Waals surface area contributed by atoms with Crippen LogP contribution in [-0.2, 0) is 42.8 Å². The van der Waals surface area contributed by atoms with Crippen LogP contribution in [0.2, 0.25) is 0 Å². The molecule has 0 aliphatic carbocycles. The highest BCUT2D eigenvalue weighted by Crippen LogP contribution is 2.29. The molecule has 24 heavy (non-hydrogen) atoms. The van der Waals surface area contributed by atoms with E-state index in [0.717, 1.165) is 0 Å². The van der Waals surface area contributed by atoms with Crippen LogP contribution in [0.1, 0.15) is 27.7 Å². The van der Waals surface area contributed by atoms with Crippen LogP contribution < -0.4 is 0 Å². The Hall–Kier alpha value is -1.71. The van der Waals surface area contributed by atoms with Crippen LogP contribution in [0.15, 0.2) is 0 Å². The predicted octanol–water partition coefficient (Wildman–Crippen LogP) is 0.189. The molecule has 5 atom stereocenters. The van der Waals surface area contributed by atoms with Gasteiger partial charge in [0.25, 0.3) is 0 Å². The summed E-state index contributed by atoms with van der Waals surface area (Å²) in [5, 5.41) is 0. The maximum Gasteiger partial charge on any atom is 0.303 e. The molecule has 0 radical (unpaired) electrons. The third-order valence-corrected chi connectivity index (χ3v) is 3.22. The number of methoxy groups -OCH3 is 1. The summed E-state index contributed by atoms with van der Waals surface area (Å²) in [7, 11) is 1.36. The Morgan fingerprint density at radius 1 is 0.875 bits per heavy atom. The van der Waals surface area contributed by atoms with Gasteiger partial charge in [-0.2, -0.15) is 0 Å². The number of hydrogen-bond acceptors (Lipinski definition) is 9. The highest BCUT2D eigenvalue weighted by molar-refractivity contribution is 5.68. The summed E-state index contributed by atoms with van der Waals surface area (Å²) in [5.41, 5.74) is 0. The minimum atomic E-state index is -1.08. The van der Waals surface area contributed by atoms with E-state index in [1.54, 1.807) is 6.92 Å². The first-order valence-electron chi connectivity index (χ1n) is 7.57. The van der Waals surface area contributed by atoms with Gasteiger partial charge in [0, 0.05) is 34.5 Å². The van der Waals surface area contributed by atoms with E-state index < -0.39 is 48.6 Å². The highest BCUT2D eigenvalue weighted by Gasteiger charge is 2.52. The first-order valence-corrected chi connectivity index (χ1v) is 7.57. The van der Waals surface area contributed by atoms with E-state index in [-0.39, 0.29) is 6.61 Å². The molecule has 9 heteroatoms. The van der Waals surface area contributed by atoms with E-state index in [1.807, 2.05) is 0 Å². The number of carbonyl (C=O) groups is 3. The van der Waals surface area contributed by atoms with E-state index in [1.165, 1.54) is 27.9 Å². The Kier molecular flexibility index (Phi) is 8.09.